The molecule has 0 aromatic heterocycles. The molecule has 1 N–H and O–H groups in total. The molecule has 100 valence electrons. The van der Waals surface area contributed by atoms with E-state index < -0.39 is 11.6 Å². The van der Waals surface area contributed by atoms with Crippen molar-refractivity contribution >= 4 is 0 Å². The Labute approximate surface area is 107 Å². The Morgan fingerprint density at radius 1 is 1.33 bits per heavy atom. The zero-order chi connectivity index (χ0) is 13.0. The van der Waals surface area contributed by atoms with Gasteiger partial charge in [0.2, 0.25) is 0 Å². The average molecular weight is 254 g/mol. The number of benzene rings is 1. The van der Waals surface area contributed by atoms with Gasteiger partial charge in [0.15, 0.2) is 0 Å². The zero-order valence-corrected chi connectivity index (χ0v) is 10.8. The SMILES string of the molecule is CCC1CN(Cc2c(F)cccc2F)CCCN1. The molecule has 2 nitrogen and oxygen atoms in total. The Morgan fingerprint density at radius 3 is 2.72 bits per heavy atom. The molecular weight excluding hydrogens is 234 g/mol. The molecule has 1 unspecified atom stereocenters. The van der Waals surface area contributed by atoms with Crippen LogP contribution in [0.1, 0.15) is 25.3 Å². The second-order valence-corrected chi connectivity index (χ2v) is 4.85. The molecule has 0 radical (unpaired) electrons. The highest BCUT2D eigenvalue weighted by atomic mass is 19.1. The maximum absolute atomic E-state index is 13.6. The van der Waals surface area contributed by atoms with E-state index in [1.165, 1.54) is 18.2 Å². The lowest BCUT2D eigenvalue weighted by atomic mass is 10.1. The Kier molecular flexibility index (Phi) is 4.66. The average Bonchev–Trinajstić information content (AvgIpc) is 2.59. The molecule has 4 heteroatoms. The lowest BCUT2D eigenvalue weighted by Crippen LogP contribution is -2.37. The van der Waals surface area contributed by atoms with E-state index in [-0.39, 0.29) is 5.56 Å². The van der Waals surface area contributed by atoms with Crippen LogP contribution in [-0.4, -0.2) is 30.6 Å². The maximum Gasteiger partial charge on any atom is 0.130 e. The molecule has 1 atom stereocenters. The summed E-state index contributed by atoms with van der Waals surface area (Å²) in [6.45, 7) is 5.21. The summed E-state index contributed by atoms with van der Waals surface area (Å²) < 4.78 is 27.2. The van der Waals surface area contributed by atoms with Crippen molar-refractivity contribution in [3.63, 3.8) is 0 Å². The van der Waals surface area contributed by atoms with Crippen LogP contribution >= 0.6 is 0 Å². The molecule has 0 aliphatic carbocycles. The van der Waals surface area contributed by atoms with Crippen molar-refractivity contribution in [2.24, 2.45) is 0 Å². The van der Waals surface area contributed by atoms with E-state index in [2.05, 4.69) is 17.1 Å². The largest absolute Gasteiger partial charge is 0.313 e. The van der Waals surface area contributed by atoms with E-state index in [0.29, 0.717) is 12.6 Å². The molecule has 0 spiro atoms. The molecule has 1 aliphatic heterocycles. The highest BCUT2D eigenvalue weighted by Crippen LogP contribution is 2.16. The standard InChI is InChI=1S/C14H20F2N2/c1-2-11-9-18(8-4-7-17-11)10-12-13(15)5-3-6-14(12)16/h3,5-6,11,17H,2,4,7-10H2,1H3. The minimum absolute atomic E-state index is 0.189. The van der Waals surface area contributed by atoms with Crippen LogP contribution in [0, 0.1) is 11.6 Å². The number of hydrogen-bond acceptors (Lipinski definition) is 2. The van der Waals surface area contributed by atoms with Crippen LogP contribution in [0.5, 0.6) is 0 Å². The third-order valence-corrected chi connectivity index (χ3v) is 3.50. The molecular formula is C14H20F2N2. The van der Waals surface area contributed by atoms with Gasteiger partial charge in [-0.05, 0) is 38.1 Å². The van der Waals surface area contributed by atoms with Gasteiger partial charge in [0, 0.05) is 24.7 Å². The summed E-state index contributed by atoms with van der Waals surface area (Å²) in [6.07, 6.45) is 2.06. The predicted octanol–water partition coefficient (Wildman–Crippen LogP) is 2.54. The fourth-order valence-electron chi connectivity index (χ4n) is 2.40. The summed E-state index contributed by atoms with van der Waals surface area (Å²) in [5.74, 6) is -0.888. The number of nitrogens with one attached hydrogen (secondary N) is 1. The smallest absolute Gasteiger partial charge is 0.130 e. The Bertz CT molecular complexity index is 375. The number of nitrogens with zero attached hydrogens (tertiary/aromatic N) is 1. The summed E-state index contributed by atoms with van der Waals surface area (Å²) >= 11 is 0. The van der Waals surface area contributed by atoms with Gasteiger partial charge in [-0.3, -0.25) is 4.90 Å². The third kappa shape index (κ3) is 3.27. The van der Waals surface area contributed by atoms with E-state index in [1.54, 1.807) is 0 Å². The minimum atomic E-state index is -0.444. The molecule has 0 amide bonds. The summed E-state index contributed by atoms with van der Waals surface area (Å²) in [7, 11) is 0. The van der Waals surface area contributed by atoms with E-state index in [4.69, 9.17) is 0 Å². The van der Waals surface area contributed by atoms with Gasteiger partial charge in [-0.15, -0.1) is 0 Å². The van der Waals surface area contributed by atoms with Crippen molar-refractivity contribution in [1.82, 2.24) is 10.2 Å². The van der Waals surface area contributed by atoms with Crippen LogP contribution in [0.4, 0.5) is 8.78 Å². The highest BCUT2D eigenvalue weighted by molar-refractivity contribution is 5.19. The van der Waals surface area contributed by atoms with Gasteiger partial charge in [0.25, 0.3) is 0 Å². The quantitative estimate of drug-likeness (QED) is 0.891. The van der Waals surface area contributed by atoms with Crippen LogP contribution in [0.15, 0.2) is 18.2 Å². The Morgan fingerprint density at radius 2 is 2.06 bits per heavy atom. The van der Waals surface area contributed by atoms with Gasteiger partial charge < -0.3 is 5.32 Å². The van der Waals surface area contributed by atoms with Gasteiger partial charge >= 0.3 is 0 Å². The zero-order valence-electron chi connectivity index (χ0n) is 10.8. The van der Waals surface area contributed by atoms with Gasteiger partial charge in [-0.1, -0.05) is 13.0 Å². The molecule has 1 heterocycles. The molecule has 1 saturated heterocycles. The summed E-state index contributed by atoms with van der Waals surface area (Å²) in [5.41, 5.74) is 0.189. The predicted molar refractivity (Wildman–Crippen MR) is 68.3 cm³/mol. The van der Waals surface area contributed by atoms with Crippen molar-refractivity contribution < 1.29 is 8.78 Å². The first kappa shape index (κ1) is 13.4. The second-order valence-electron chi connectivity index (χ2n) is 4.85. The van der Waals surface area contributed by atoms with E-state index in [0.717, 1.165) is 32.5 Å². The number of rotatable bonds is 3. The minimum Gasteiger partial charge on any atom is -0.313 e. The Balaban J connectivity index is 2.07. The van der Waals surface area contributed by atoms with Crippen LogP contribution in [0.2, 0.25) is 0 Å². The van der Waals surface area contributed by atoms with Gasteiger partial charge in [-0.2, -0.15) is 0 Å². The first-order valence-corrected chi connectivity index (χ1v) is 6.59. The maximum atomic E-state index is 13.6. The van der Waals surface area contributed by atoms with Crippen LogP contribution in [0.3, 0.4) is 0 Å². The Hall–Kier alpha value is -1.00. The number of halogens is 2. The molecule has 0 bridgehead atoms. The van der Waals surface area contributed by atoms with Crippen molar-refractivity contribution in [3.8, 4) is 0 Å². The summed E-state index contributed by atoms with van der Waals surface area (Å²) in [6, 6.07) is 4.48. The van der Waals surface area contributed by atoms with Crippen molar-refractivity contribution in [2.75, 3.05) is 19.6 Å². The fraction of sp³-hybridized carbons (Fsp3) is 0.571. The van der Waals surface area contributed by atoms with Crippen LogP contribution in [-0.2, 0) is 6.54 Å². The van der Waals surface area contributed by atoms with Gasteiger partial charge in [0.1, 0.15) is 11.6 Å². The molecule has 0 saturated carbocycles. The second kappa shape index (κ2) is 6.25. The van der Waals surface area contributed by atoms with Crippen molar-refractivity contribution in [3.05, 3.63) is 35.4 Å². The lowest BCUT2D eigenvalue weighted by Gasteiger charge is -2.24. The molecule has 1 aromatic carbocycles. The first-order valence-electron chi connectivity index (χ1n) is 6.59. The monoisotopic (exact) mass is 254 g/mol. The molecule has 1 aliphatic rings. The van der Waals surface area contributed by atoms with Crippen LogP contribution in [0.25, 0.3) is 0 Å². The van der Waals surface area contributed by atoms with Crippen molar-refractivity contribution in [1.29, 1.82) is 0 Å². The summed E-state index contributed by atoms with van der Waals surface area (Å²) in [4.78, 5) is 2.13. The number of hydrogen-bond donors (Lipinski definition) is 1. The lowest BCUT2D eigenvalue weighted by molar-refractivity contribution is 0.250. The van der Waals surface area contributed by atoms with Gasteiger partial charge in [-0.25, -0.2) is 8.78 Å². The van der Waals surface area contributed by atoms with Crippen LogP contribution < -0.4 is 5.32 Å². The first-order chi connectivity index (χ1) is 8.70. The normalized spacial score (nSPS) is 21.8. The molecule has 18 heavy (non-hydrogen) atoms. The summed E-state index contributed by atoms with van der Waals surface area (Å²) in [5, 5.41) is 3.45. The third-order valence-electron chi connectivity index (χ3n) is 3.50. The highest BCUT2D eigenvalue weighted by Gasteiger charge is 2.19. The van der Waals surface area contributed by atoms with E-state index >= 15 is 0 Å². The fourth-order valence-corrected chi connectivity index (χ4v) is 2.40. The molecule has 1 aromatic rings. The van der Waals surface area contributed by atoms with Gasteiger partial charge in [0.05, 0.1) is 0 Å². The molecule has 1 fully saturated rings. The van der Waals surface area contributed by atoms with E-state index in [1.807, 2.05) is 0 Å². The van der Waals surface area contributed by atoms with E-state index in [9.17, 15) is 8.78 Å². The van der Waals surface area contributed by atoms with Crippen molar-refractivity contribution in [2.45, 2.75) is 32.4 Å². The molecule has 2 rings (SSSR count). The topological polar surface area (TPSA) is 15.3 Å².